The zero-order valence-corrected chi connectivity index (χ0v) is 12.6. The van der Waals surface area contributed by atoms with E-state index in [4.69, 9.17) is 4.74 Å². The summed E-state index contributed by atoms with van der Waals surface area (Å²) in [7, 11) is 0. The van der Waals surface area contributed by atoms with E-state index in [9.17, 15) is 4.79 Å². The number of ether oxygens (including phenoxy) is 1. The van der Waals surface area contributed by atoms with Crippen LogP contribution in [0.15, 0.2) is 24.3 Å². The van der Waals surface area contributed by atoms with Crippen molar-refractivity contribution >= 4 is 11.6 Å². The van der Waals surface area contributed by atoms with Gasteiger partial charge in [0, 0.05) is 30.7 Å². The molecule has 1 aromatic rings. The van der Waals surface area contributed by atoms with Crippen LogP contribution in [0.3, 0.4) is 0 Å². The molecule has 20 heavy (non-hydrogen) atoms. The third-order valence-electron chi connectivity index (χ3n) is 3.40. The van der Waals surface area contributed by atoms with Gasteiger partial charge < -0.3 is 10.1 Å². The highest BCUT2D eigenvalue weighted by Crippen LogP contribution is 2.18. The van der Waals surface area contributed by atoms with Gasteiger partial charge in [0.25, 0.3) is 0 Å². The van der Waals surface area contributed by atoms with Crippen molar-refractivity contribution in [3.05, 3.63) is 29.8 Å². The summed E-state index contributed by atoms with van der Waals surface area (Å²) >= 11 is 0. The van der Waals surface area contributed by atoms with Crippen molar-refractivity contribution in [3.8, 4) is 0 Å². The molecule has 1 amide bonds. The minimum Gasteiger partial charge on any atom is -0.379 e. The number of nitrogens with zero attached hydrogens (tertiary/aromatic N) is 1. The molecule has 110 valence electrons. The second-order valence-corrected chi connectivity index (χ2v) is 6.29. The van der Waals surface area contributed by atoms with Crippen LogP contribution in [0.1, 0.15) is 26.3 Å². The van der Waals surface area contributed by atoms with E-state index in [2.05, 4.69) is 22.3 Å². The Morgan fingerprint density at radius 1 is 1.20 bits per heavy atom. The molecule has 2 rings (SSSR count). The van der Waals surface area contributed by atoms with Crippen molar-refractivity contribution in [1.82, 2.24) is 4.90 Å². The Kier molecular flexibility index (Phi) is 4.78. The number of anilines is 1. The number of morpholine rings is 1. The summed E-state index contributed by atoms with van der Waals surface area (Å²) in [5, 5.41) is 2.94. The molecule has 1 aliphatic heterocycles. The fourth-order valence-corrected chi connectivity index (χ4v) is 2.03. The van der Waals surface area contributed by atoms with E-state index in [1.165, 1.54) is 5.56 Å². The van der Waals surface area contributed by atoms with Crippen LogP contribution in [0.5, 0.6) is 0 Å². The van der Waals surface area contributed by atoms with Crippen LogP contribution < -0.4 is 5.32 Å². The van der Waals surface area contributed by atoms with Crippen molar-refractivity contribution in [2.75, 3.05) is 31.6 Å². The van der Waals surface area contributed by atoms with Gasteiger partial charge in [-0.05, 0) is 17.7 Å². The van der Waals surface area contributed by atoms with Gasteiger partial charge >= 0.3 is 0 Å². The van der Waals surface area contributed by atoms with Gasteiger partial charge in [-0.1, -0.05) is 32.9 Å². The molecule has 0 aromatic heterocycles. The summed E-state index contributed by atoms with van der Waals surface area (Å²) in [4.78, 5) is 14.3. The summed E-state index contributed by atoms with van der Waals surface area (Å²) in [6.45, 7) is 10.3. The van der Waals surface area contributed by atoms with Gasteiger partial charge in [0.2, 0.25) is 5.91 Å². The number of carbonyl (C=O) groups excluding carboxylic acids is 1. The summed E-state index contributed by atoms with van der Waals surface area (Å²) in [5.74, 6) is 0.0402. The Balaban J connectivity index is 1.91. The second kappa shape index (κ2) is 6.37. The molecule has 1 N–H and O–H groups in total. The van der Waals surface area contributed by atoms with Crippen molar-refractivity contribution in [2.45, 2.75) is 27.3 Å². The maximum Gasteiger partial charge on any atom is 0.229 e. The van der Waals surface area contributed by atoms with E-state index in [-0.39, 0.29) is 11.3 Å². The topological polar surface area (TPSA) is 41.6 Å². The molecule has 1 heterocycles. The van der Waals surface area contributed by atoms with E-state index < -0.39 is 0 Å². The number of hydrogen-bond donors (Lipinski definition) is 1. The van der Waals surface area contributed by atoms with Gasteiger partial charge in [-0.15, -0.1) is 0 Å². The van der Waals surface area contributed by atoms with Crippen LogP contribution in [0.25, 0.3) is 0 Å². The van der Waals surface area contributed by atoms with E-state index in [1.54, 1.807) is 0 Å². The zero-order valence-electron chi connectivity index (χ0n) is 12.6. The van der Waals surface area contributed by atoms with Gasteiger partial charge in [0.05, 0.1) is 13.2 Å². The van der Waals surface area contributed by atoms with Crippen LogP contribution in [0.2, 0.25) is 0 Å². The summed E-state index contributed by atoms with van der Waals surface area (Å²) in [6.07, 6.45) is 0. The van der Waals surface area contributed by atoms with Gasteiger partial charge in [-0.3, -0.25) is 9.69 Å². The van der Waals surface area contributed by atoms with Crippen LogP contribution in [-0.2, 0) is 16.1 Å². The monoisotopic (exact) mass is 276 g/mol. The van der Waals surface area contributed by atoms with E-state index in [0.29, 0.717) is 0 Å². The van der Waals surface area contributed by atoms with Crippen LogP contribution >= 0.6 is 0 Å². The molecule has 0 spiro atoms. The fraction of sp³-hybridized carbons (Fsp3) is 0.562. The molecule has 0 bridgehead atoms. The molecule has 1 aliphatic rings. The van der Waals surface area contributed by atoms with Crippen molar-refractivity contribution in [3.63, 3.8) is 0 Å². The van der Waals surface area contributed by atoms with Crippen LogP contribution in [-0.4, -0.2) is 37.1 Å². The maximum absolute atomic E-state index is 11.9. The van der Waals surface area contributed by atoms with E-state index >= 15 is 0 Å². The first-order chi connectivity index (χ1) is 9.45. The largest absolute Gasteiger partial charge is 0.379 e. The van der Waals surface area contributed by atoms with E-state index in [1.807, 2.05) is 32.9 Å². The first-order valence-electron chi connectivity index (χ1n) is 7.16. The number of nitrogens with one attached hydrogen (secondary N) is 1. The third-order valence-corrected chi connectivity index (χ3v) is 3.40. The molecule has 4 nitrogen and oxygen atoms in total. The number of hydrogen-bond acceptors (Lipinski definition) is 3. The minimum atomic E-state index is -0.369. The first kappa shape index (κ1) is 15.0. The lowest BCUT2D eigenvalue weighted by molar-refractivity contribution is -0.123. The third kappa shape index (κ3) is 4.32. The molecular formula is C16H24N2O2. The van der Waals surface area contributed by atoms with Crippen molar-refractivity contribution in [1.29, 1.82) is 0 Å². The Morgan fingerprint density at radius 3 is 2.35 bits per heavy atom. The fourth-order valence-electron chi connectivity index (χ4n) is 2.03. The summed E-state index contributed by atoms with van der Waals surface area (Å²) < 4.78 is 5.34. The molecule has 0 atom stereocenters. The van der Waals surface area contributed by atoms with Crippen LogP contribution in [0, 0.1) is 5.41 Å². The van der Waals surface area contributed by atoms with Crippen molar-refractivity contribution < 1.29 is 9.53 Å². The highest BCUT2D eigenvalue weighted by Gasteiger charge is 2.21. The minimum absolute atomic E-state index is 0.0402. The maximum atomic E-state index is 11.9. The van der Waals surface area contributed by atoms with Gasteiger partial charge in [0.15, 0.2) is 0 Å². The predicted octanol–water partition coefficient (Wildman–Crippen LogP) is 2.50. The lowest BCUT2D eigenvalue weighted by Crippen LogP contribution is -2.35. The lowest BCUT2D eigenvalue weighted by atomic mass is 9.95. The highest BCUT2D eigenvalue weighted by molar-refractivity contribution is 5.94. The smallest absolute Gasteiger partial charge is 0.229 e. The first-order valence-corrected chi connectivity index (χ1v) is 7.16. The zero-order chi connectivity index (χ0) is 14.6. The Hall–Kier alpha value is -1.39. The quantitative estimate of drug-likeness (QED) is 0.922. The Bertz CT molecular complexity index is 443. The molecule has 4 heteroatoms. The highest BCUT2D eigenvalue weighted by atomic mass is 16.5. The lowest BCUT2D eigenvalue weighted by Gasteiger charge is -2.26. The molecule has 0 radical (unpaired) electrons. The average molecular weight is 276 g/mol. The van der Waals surface area contributed by atoms with Crippen LogP contribution in [0.4, 0.5) is 5.69 Å². The standard InChI is InChI=1S/C16H24N2O2/c1-16(2,3)15(19)17-14-6-4-13(5-7-14)12-18-8-10-20-11-9-18/h4-7H,8-12H2,1-3H3,(H,17,19). The Labute approximate surface area is 121 Å². The van der Waals surface area contributed by atoms with Crippen molar-refractivity contribution in [2.24, 2.45) is 5.41 Å². The Morgan fingerprint density at radius 2 is 1.80 bits per heavy atom. The summed E-state index contributed by atoms with van der Waals surface area (Å²) in [5.41, 5.74) is 1.75. The van der Waals surface area contributed by atoms with Gasteiger partial charge in [-0.25, -0.2) is 0 Å². The number of carbonyl (C=O) groups is 1. The molecule has 1 saturated heterocycles. The SMILES string of the molecule is CC(C)(C)C(=O)Nc1ccc(CN2CCOCC2)cc1. The van der Waals surface area contributed by atoms with Gasteiger partial charge in [0.1, 0.15) is 0 Å². The predicted molar refractivity (Wildman–Crippen MR) is 80.6 cm³/mol. The average Bonchev–Trinajstić information content (AvgIpc) is 2.41. The summed E-state index contributed by atoms with van der Waals surface area (Å²) in [6, 6.07) is 8.10. The molecule has 0 saturated carbocycles. The van der Waals surface area contributed by atoms with Gasteiger partial charge in [-0.2, -0.15) is 0 Å². The number of rotatable bonds is 3. The molecular weight excluding hydrogens is 252 g/mol. The molecule has 1 fully saturated rings. The van der Waals surface area contributed by atoms with E-state index in [0.717, 1.165) is 38.5 Å². The second-order valence-electron chi connectivity index (χ2n) is 6.29. The molecule has 1 aromatic carbocycles. The number of benzene rings is 1. The molecule has 0 aliphatic carbocycles. The molecule has 0 unspecified atom stereocenters. The normalized spacial score (nSPS) is 16.9. The number of amides is 1.